The normalized spacial score (nSPS) is 15.8. The van der Waals surface area contributed by atoms with Crippen LogP contribution in [0.25, 0.3) is 11.4 Å². The molecule has 1 fully saturated rings. The van der Waals surface area contributed by atoms with E-state index in [0.29, 0.717) is 6.54 Å². The number of amides is 1. The van der Waals surface area contributed by atoms with Gasteiger partial charge in [-0.15, -0.1) is 0 Å². The molecule has 2 heterocycles. The highest BCUT2D eigenvalue weighted by Crippen LogP contribution is 2.33. The third-order valence-corrected chi connectivity index (χ3v) is 6.73. The summed E-state index contributed by atoms with van der Waals surface area (Å²) in [5.41, 5.74) is 4.63. The summed E-state index contributed by atoms with van der Waals surface area (Å²) in [5.74, 6) is 2.90. The summed E-state index contributed by atoms with van der Waals surface area (Å²) in [5, 5.41) is 3.11. The lowest BCUT2D eigenvalue weighted by molar-refractivity contribution is -0.125. The fourth-order valence-corrected chi connectivity index (χ4v) is 4.82. The first-order valence-electron chi connectivity index (χ1n) is 11.8. The van der Waals surface area contributed by atoms with Gasteiger partial charge >= 0.3 is 0 Å². The van der Waals surface area contributed by atoms with Crippen molar-refractivity contribution in [2.75, 3.05) is 25.1 Å². The highest BCUT2D eigenvalue weighted by atomic mass is 16.5. The van der Waals surface area contributed by atoms with Crippen LogP contribution in [0.2, 0.25) is 0 Å². The second kappa shape index (κ2) is 9.61. The Labute approximate surface area is 195 Å². The summed E-state index contributed by atoms with van der Waals surface area (Å²) in [7, 11) is 1.65. The van der Waals surface area contributed by atoms with Crippen LogP contribution >= 0.6 is 0 Å². The lowest BCUT2D eigenvalue weighted by atomic mass is 9.95. The quantitative estimate of drug-likeness (QED) is 0.621. The molecular formula is C27H30N4O2. The Morgan fingerprint density at radius 3 is 2.52 bits per heavy atom. The maximum absolute atomic E-state index is 12.8. The van der Waals surface area contributed by atoms with Crippen molar-refractivity contribution in [1.82, 2.24) is 15.3 Å². The average Bonchev–Trinajstić information content (AvgIpc) is 3.36. The van der Waals surface area contributed by atoms with Gasteiger partial charge in [-0.2, -0.15) is 0 Å². The Morgan fingerprint density at radius 2 is 1.79 bits per heavy atom. The van der Waals surface area contributed by atoms with Crippen LogP contribution in [0.5, 0.6) is 5.75 Å². The second-order valence-corrected chi connectivity index (χ2v) is 8.84. The topological polar surface area (TPSA) is 67.3 Å². The standard InChI is InChI=1S/C27H30N4O2/c1-33-22-12-10-19(11-13-22)18-28-27(32)21-14-16-31(17-15-21)26-23-8-5-9-24(23)29-25(30-26)20-6-3-2-4-7-20/h2-4,6-7,10-13,21H,5,8-9,14-18H2,1H3,(H,28,32). The molecule has 0 unspecified atom stereocenters. The number of rotatable bonds is 6. The Bertz CT molecular complexity index is 1110. The number of hydrogen-bond donors (Lipinski definition) is 1. The van der Waals surface area contributed by atoms with Crippen LogP contribution in [0.1, 0.15) is 36.1 Å². The molecule has 0 radical (unpaired) electrons. The summed E-state index contributed by atoms with van der Waals surface area (Å²) in [6.07, 6.45) is 4.89. The maximum atomic E-state index is 12.8. The molecule has 0 atom stereocenters. The predicted molar refractivity (Wildman–Crippen MR) is 129 cm³/mol. The van der Waals surface area contributed by atoms with Gasteiger partial charge in [0.25, 0.3) is 0 Å². The number of carbonyl (C=O) groups is 1. The number of piperidine rings is 1. The van der Waals surface area contributed by atoms with Gasteiger partial charge < -0.3 is 15.0 Å². The molecule has 6 nitrogen and oxygen atoms in total. The van der Waals surface area contributed by atoms with Crippen molar-refractivity contribution in [3.63, 3.8) is 0 Å². The molecule has 0 spiro atoms. The lowest BCUT2D eigenvalue weighted by Gasteiger charge is -2.33. The van der Waals surface area contributed by atoms with E-state index in [1.807, 2.05) is 42.5 Å². The van der Waals surface area contributed by atoms with Gasteiger partial charge in [0.05, 0.1) is 7.11 Å². The highest BCUT2D eigenvalue weighted by molar-refractivity contribution is 5.79. The largest absolute Gasteiger partial charge is 0.497 e. The summed E-state index contributed by atoms with van der Waals surface area (Å²) in [6, 6.07) is 18.0. The van der Waals surface area contributed by atoms with E-state index in [1.54, 1.807) is 7.11 Å². The fraction of sp³-hybridized carbons (Fsp3) is 0.370. The number of aryl methyl sites for hydroxylation is 1. The number of aromatic nitrogens is 2. The predicted octanol–water partition coefficient (Wildman–Crippen LogP) is 4.17. The number of hydrogen-bond acceptors (Lipinski definition) is 5. The first-order chi connectivity index (χ1) is 16.2. The summed E-state index contributed by atoms with van der Waals surface area (Å²) in [4.78, 5) is 25.0. The van der Waals surface area contributed by atoms with E-state index in [0.717, 1.165) is 73.7 Å². The lowest BCUT2D eigenvalue weighted by Crippen LogP contribution is -2.41. The zero-order valence-corrected chi connectivity index (χ0v) is 19.1. The average molecular weight is 443 g/mol. The van der Waals surface area contributed by atoms with Crippen molar-refractivity contribution in [3.05, 3.63) is 71.4 Å². The third-order valence-electron chi connectivity index (χ3n) is 6.73. The number of anilines is 1. The molecule has 1 aromatic heterocycles. The van der Waals surface area contributed by atoms with Crippen LogP contribution in [-0.2, 0) is 24.2 Å². The van der Waals surface area contributed by atoms with Gasteiger partial charge in [0, 0.05) is 42.4 Å². The molecule has 1 N–H and O–H groups in total. The van der Waals surface area contributed by atoms with Gasteiger partial charge in [-0.3, -0.25) is 4.79 Å². The van der Waals surface area contributed by atoms with Gasteiger partial charge in [-0.1, -0.05) is 42.5 Å². The van der Waals surface area contributed by atoms with Crippen molar-refractivity contribution >= 4 is 11.7 Å². The number of carbonyl (C=O) groups excluding carboxylic acids is 1. The highest BCUT2D eigenvalue weighted by Gasteiger charge is 2.29. The van der Waals surface area contributed by atoms with E-state index in [9.17, 15) is 4.79 Å². The number of methoxy groups -OCH3 is 1. The molecule has 1 amide bonds. The first-order valence-corrected chi connectivity index (χ1v) is 11.8. The van der Waals surface area contributed by atoms with Gasteiger partial charge in [-0.25, -0.2) is 9.97 Å². The number of fused-ring (bicyclic) bond motifs is 1. The summed E-state index contributed by atoms with van der Waals surface area (Å²) in [6.45, 7) is 2.24. The number of ether oxygens (including phenoxy) is 1. The van der Waals surface area contributed by atoms with Gasteiger partial charge in [0.1, 0.15) is 11.6 Å². The zero-order chi connectivity index (χ0) is 22.6. The van der Waals surface area contributed by atoms with E-state index in [2.05, 4.69) is 22.3 Å². The van der Waals surface area contributed by atoms with Crippen LogP contribution in [0.4, 0.5) is 5.82 Å². The van der Waals surface area contributed by atoms with Crippen molar-refractivity contribution in [1.29, 1.82) is 0 Å². The van der Waals surface area contributed by atoms with E-state index in [4.69, 9.17) is 14.7 Å². The molecular weight excluding hydrogens is 412 g/mol. The van der Waals surface area contributed by atoms with E-state index >= 15 is 0 Å². The van der Waals surface area contributed by atoms with Crippen molar-refractivity contribution in [2.45, 2.75) is 38.6 Å². The van der Waals surface area contributed by atoms with E-state index in [-0.39, 0.29) is 11.8 Å². The Hall–Kier alpha value is -3.41. The third kappa shape index (κ3) is 4.70. The molecule has 3 aromatic rings. The minimum absolute atomic E-state index is 0.0444. The SMILES string of the molecule is COc1ccc(CNC(=O)C2CCN(c3nc(-c4ccccc4)nc4c3CCC4)CC2)cc1. The number of benzene rings is 2. The zero-order valence-electron chi connectivity index (χ0n) is 19.1. The summed E-state index contributed by atoms with van der Waals surface area (Å²) < 4.78 is 5.20. The molecule has 1 aliphatic heterocycles. The molecule has 1 aliphatic carbocycles. The van der Waals surface area contributed by atoms with E-state index < -0.39 is 0 Å². The monoisotopic (exact) mass is 442 g/mol. The van der Waals surface area contributed by atoms with Crippen LogP contribution in [-0.4, -0.2) is 36.1 Å². The molecule has 170 valence electrons. The second-order valence-electron chi connectivity index (χ2n) is 8.84. The Kier molecular flexibility index (Phi) is 6.24. The van der Waals surface area contributed by atoms with Crippen LogP contribution in [0.3, 0.4) is 0 Å². The molecule has 1 saturated heterocycles. The molecule has 0 saturated carbocycles. The molecule has 33 heavy (non-hydrogen) atoms. The smallest absolute Gasteiger partial charge is 0.223 e. The number of nitrogens with zero attached hydrogens (tertiary/aromatic N) is 3. The number of nitrogens with one attached hydrogen (secondary N) is 1. The summed E-state index contributed by atoms with van der Waals surface area (Å²) >= 11 is 0. The first kappa shape index (κ1) is 21.4. The van der Waals surface area contributed by atoms with E-state index in [1.165, 1.54) is 11.3 Å². The van der Waals surface area contributed by atoms with Gasteiger partial charge in [0.15, 0.2) is 5.82 Å². The molecule has 2 aliphatic rings. The Balaban J connectivity index is 1.23. The molecule has 0 bridgehead atoms. The Morgan fingerprint density at radius 1 is 1.03 bits per heavy atom. The van der Waals surface area contributed by atoms with Gasteiger partial charge in [0.2, 0.25) is 5.91 Å². The van der Waals surface area contributed by atoms with Crippen molar-refractivity contribution in [3.8, 4) is 17.1 Å². The minimum atomic E-state index is 0.0444. The van der Waals surface area contributed by atoms with Gasteiger partial charge in [-0.05, 0) is 49.8 Å². The fourth-order valence-electron chi connectivity index (χ4n) is 4.82. The molecule has 2 aromatic carbocycles. The minimum Gasteiger partial charge on any atom is -0.497 e. The van der Waals surface area contributed by atoms with Crippen LogP contribution in [0, 0.1) is 5.92 Å². The van der Waals surface area contributed by atoms with Crippen LogP contribution < -0.4 is 15.0 Å². The van der Waals surface area contributed by atoms with Crippen molar-refractivity contribution < 1.29 is 9.53 Å². The maximum Gasteiger partial charge on any atom is 0.223 e. The van der Waals surface area contributed by atoms with Crippen LogP contribution in [0.15, 0.2) is 54.6 Å². The molecule has 6 heteroatoms. The van der Waals surface area contributed by atoms with Crippen molar-refractivity contribution in [2.24, 2.45) is 5.92 Å². The molecule has 5 rings (SSSR count).